The molecule has 3 aromatic rings. The van der Waals surface area contributed by atoms with E-state index < -0.39 is 5.97 Å². The van der Waals surface area contributed by atoms with E-state index in [0.717, 1.165) is 22.5 Å². The van der Waals surface area contributed by atoms with E-state index in [2.05, 4.69) is 10.6 Å². The number of anilines is 1. The zero-order chi connectivity index (χ0) is 19.3. The number of ether oxygens (including phenoxy) is 1. The summed E-state index contributed by atoms with van der Waals surface area (Å²) in [5.74, 6) is 0.335. The van der Waals surface area contributed by atoms with E-state index in [0.29, 0.717) is 30.3 Å². The molecule has 0 unspecified atom stereocenters. The van der Waals surface area contributed by atoms with Crippen LogP contribution >= 0.6 is 0 Å². The summed E-state index contributed by atoms with van der Waals surface area (Å²) in [7, 11) is 0. The summed E-state index contributed by atoms with van der Waals surface area (Å²) in [6.45, 7) is 1.19. The fourth-order valence-corrected chi connectivity index (χ4v) is 4.98. The summed E-state index contributed by atoms with van der Waals surface area (Å²) in [4.78, 5) is 11.6. The van der Waals surface area contributed by atoms with Crippen molar-refractivity contribution in [1.82, 2.24) is 4.57 Å². The summed E-state index contributed by atoms with van der Waals surface area (Å²) < 4.78 is 8.27. The van der Waals surface area contributed by atoms with Crippen LogP contribution in [0.25, 0.3) is 22.2 Å². The lowest BCUT2D eigenvalue weighted by Crippen LogP contribution is -2.07. The second-order valence-corrected chi connectivity index (χ2v) is 7.86. The van der Waals surface area contributed by atoms with E-state index in [-0.39, 0.29) is 0 Å². The van der Waals surface area contributed by atoms with Crippen molar-refractivity contribution in [1.29, 1.82) is 0 Å². The predicted octanol–water partition coefficient (Wildman–Crippen LogP) is 5.03. The van der Waals surface area contributed by atoms with Gasteiger partial charge in [0.1, 0.15) is 6.61 Å². The largest absolute Gasteiger partial charge is 0.489 e. The fraction of sp³-hybridized carbons (Fsp3) is 0.348. The van der Waals surface area contributed by atoms with Gasteiger partial charge in [-0.15, -0.1) is 0 Å². The molecule has 0 atom stereocenters. The van der Waals surface area contributed by atoms with E-state index in [1.807, 2.05) is 24.3 Å². The molecule has 1 fully saturated rings. The highest BCUT2D eigenvalue weighted by Crippen LogP contribution is 2.48. The van der Waals surface area contributed by atoms with Crippen LogP contribution in [0.2, 0.25) is 0 Å². The van der Waals surface area contributed by atoms with E-state index in [4.69, 9.17) is 10.5 Å². The molecule has 144 valence electrons. The molecule has 3 N–H and O–H groups in total. The average molecular weight is 376 g/mol. The number of nitrogens with two attached hydrogens (primary N) is 1. The van der Waals surface area contributed by atoms with E-state index in [9.17, 15) is 9.90 Å². The Labute approximate surface area is 163 Å². The van der Waals surface area contributed by atoms with Crippen LogP contribution in [0, 0.1) is 0 Å². The number of aromatic nitrogens is 1. The molecule has 2 heterocycles. The summed E-state index contributed by atoms with van der Waals surface area (Å²) in [6, 6.07) is 11.5. The zero-order valence-electron chi connectivity index (χ0n) is 15.8. The summed E-state index contributed by atoms with van der Waals surface area (Å²) >= 11 is 0. The van der Waals surface area contributed by atoms with Gasteiger partial charge in [0, 0.05) is 16.5 Å². The van der Waals surface area contributed by atoms with Crippen LogP contribution in [-0.4, -0.2) is 22.2 Å². The number of fused-ring (bicyclic) bond motifs is 5. The molecule has 5 rings (SSSR count). The molecule has 0 radical (unpaired) electrons. The molecule has 0 spiro atoms. The molecule has 2 aromatic carbocycles. The number of rotatable bonds is 2. The Morgan fingerprint density at radius 2 is 1.96 bits per heavy atom. The lowest BCUT2D eigenvalue weighted by atomic mass is 9.81. The molecule has 5 nitrogen and oxygen atoms in total. The Kier molecular flexibility index (Phi) is 4.04. The lowest BCUT2D eigenvalue weighted by Gasteiger charge is -2.23. The van der Waals surface area contributed by atoms with Crippen molar-refractivity contribution in [3.63, 3.8) is 0 Å². The maximum atomic E-state index is 11.6. The normalized spacial score (nSPS) is 16.9. The van der Waals surface area contributed by atoms with E-state index >= 15 is 0 Å². The van der Waals surface area contributed by atoms with Crippen molar-refractivity contribution in [2.24, 2.45) is 0 Å². The first-order valence-corrected chi connectivity index (χ1v) is 10.1. The highest BCUT2D eigenvalue weighted by Gasteiger charge is 2.30. The molecular formula is C23H24N2O3. The molecule has 1 saturated carbocycles. The van der Waals surface area contributed by atoms with Crippen molar-refractivity contribution in [3.05, 3.63) is 47.5 Å². The Bertz CT molecular complexity index is 1080. The molecule has 2 aliphatic rings. The van der Waals surface area contributed by atoms with Gasteiger partial charge >= 0.3 is 5.97 Å². The quantitative estimate of drug-likeness (QED) is 0.615. The number of nitrogen functional groups attached to an aromatic ring is 1. The molecular weight excluding hydrogens is 352 g/mol. The Hall–Kier alpha value is -2.95. The first kappa shape index (κ1) is 17.2. The van der Waals surface area contributed by atoms with Gasteiger partial charge in [0.15, 0.2) is 5.75 Å². The molecule has 0 amide bonds. The number of hydrogen-bond donors (Lipinski definition) is 2. The number of hydrogen-bond acceptors (Lipinski definition) is 3. The van der Waals surface area contributed by atoms with Gasteiger partial charge in [-0.05, 0) is 48.6 Å². The SMILES string of the molecule is Nc1cccc2c1OCCn1c-2c(C2CCCCC2)c2ccc(C(=O)O)cc21. The monoisotopic (exact) mass is 376 g/mol. The van der Waals surface area contributed by atoms with Gasteiger partial charge < -0.3 is 20.1 Å². The van der Waals surface area contributed by atoms with E-state index in [1.54, 1.807) is 6.07 Å². The number of para-hydroxylation sites is 1. The van der Waals surface area contributed by atoms with Crippen LogP contribution in [0.3, 0.4) is 0 Å². The smallest absolute Gasteiger partial charge is 0.335 e. The Morgan fingerprint density at radius 3 is 2.75 bits per heavy atom. The minimum absolute atomic E-state index is 0.320. The van der Waals surface area contributed by atoms with Crippen molar-refractivity contribution >= 4 is 22.6 Å². The molecule has 28 heavy (non-hydrogen) atoms. The molecule has 1 aliphatic carbocycles. The Morgan fingerprint density at radius 1 is 1.14 bits per heavy atom. The lowest BCUT2D eigenvalue weighted by molar-refractivity contribution is 0.0697. The number of aromatic carboxylic acids is 1. The fourth-order valence-electron chi connectivity index (χ4n) is 4.98. The van der Waals surface area contributed by atoms with Gasteiger partial charge in [0.2, 0.25) is 0 Å². The standard InChI is InChI=1S/C23H24N2O3/c24-18-8-4-7-17-21-20(14-5-2-1-3-6-14)16-10-9-15(23(26)27)13-19(16)25(21)11-12-28-22(17)18/h4,7-10,13-14H,1-3,5-6,11-12,24H2,(H,26,27). The maximum absolute atomic E-state index is 11.6. The first-order valence-electron chi connectivity index (χ1n) is 10.1. The molecule has 5 heteroatoms. The summed E-state index contributed by atoms with van der Waals surface area (Å²) in [5.41, 5.74) is 11.7. The van der Waals surface area contributed by atoms with Gasteiger partial charge in [-0.25, -0.2) is 4.79 Å². The van der Waals surface area contributed by atoms with Crippen LogP contribution in [0.15, 0.2) is 36.4 Å². The summed E-state index contributed by atoms with van der Waals surface area (Å²) in [5, 5.41) is 10.7. The van der Waals surface area contributed by atoms with Crippen LogP contribution in [0.5, 0.6) is 5.75 Å². The molecule has 0 bridgehead atoms. The third-order valence-electron chi connectivity index (χ3n) is 6.23. The van der Waals surface area contributed by atoms with E-state index in [1.165, 1.54) is 43.1 Å². The van der Waals surface area contributed by atoms with Crippen molar-refractivity contribution in [2.75, 3.05) is 12.3 Å². The van der Waals surface area contributed by atoms with Crippen LogP contribution in [0.1, 0.15) is 53.9 Å². The van der Waals surface area contributed by atoms with Crippen molar-refractivity contribution < 1.29 is 14.6 Å². The van der Waals surface area contributed by atoms with Crippen molar-refractivity contribution in [3.8, 4) is 17.0 Å². The molecule has 1 aromatic heterocycles. The number of carbonyl (C=O) groups is 1. The number of carboxylic acids is 1. The second kappa shape index (κ2) is 6.59. The Balaban J connectivity index is 1.85. The number of benzene rings is 2. The minimum Gasteiger partial charge on any atom is -0.489 e. The van der Waals surface area contributed by atoms with Gasteiger partial charge in [-0.1, -0.05) is 31.4 Å². The highest BCUT2D eigenvalue weighted by atomic mass is 16.5. The van der Waals surface area contributed by atoms with Crippen LogP contribution < -0.4 is 10.5 Å². The van der Waals surface area contributed by atoms with Gasteiger partial charge in [-0.3, -0.25) is 0 Å². The van der Waals surface area contributed by atoms with Gasteiger partial charge in [-0.2, -0.15) is 0 Å². The minimum atomic E-state index is -0.897. The average Bonchev–Trinajstić information content (AvgIpc) is 2.90. The van der Waals surface area contributed by atoms with Gasteiger partial charge in [0.05, 0.1) is 23.5 Å². The molecule has 0 saturated heterocycles. The third kappa shape index (κ3) is 2.57. The van der Waals surface area contributed by atoms with Gasteiger partial charge in [0.25, 0.3) is 0 Å². The van der Waals surface area contributed by atoms with Crippen LogP contribution in [-0.2, 0) is 6.54 Å². The molecule has 1 aliphatic heterocycles. The number of carboxylic acid groups (broad SMARTS) is 1. The highest BCUT2D eigenvalue weighted by molar-refractivity contribution is 5.99. The third-order valence-corrected chi connectivity index (χ3v) is 6.23. The zero-order valence-corrected chi connectivity index (χ0v) is 15.8. The van der Waals surface area contributed by atoms with Crippen molar-refractivity contribution in [2.45, 2.75) is 44.6 Å². The maximum Gasteiger partial charge on any atom is 0.335 e. The topological polar surface area (TPSA) is 77.5 Å². The number of nitrogens with zero attached hydrogens (tertiary/aromatic N) is 1. The summed E-state index contributed by atoms with van der Waals surface area (Å²) in [6.07, 6.45) is 6.12. The second-order valence-electron chi connectivity index (χ2n) is 7.86. The first-order chi connectivity index (χ1) is 13.6. The predicted molar refractivity (Wildman–Crippen MR) is 110 cm³/mol. The van der Waals surface area contributed by atoms with Crippen LogP contribution in [0.4, 0.5) is 5.69 Å².